The normalized spacial score (nSPS) is 25.2. The third-order valence-corrected chi connectivity index (χ3v) is 4.36. The van der Waals surface area contributed by atoms with Gasteiger partial charge in [-0.25, -0.2) is 4.39 Å². The van der Waals surface area contributed by atoms with E-state index >= 15 is 0 Å². The predicted molar refractivity (Wildman–Crippen MR) is 72.7 cm³/mol. The van der Waals surface area contributed by atoms with Crippen molar-refractivity contribution in [3.8, 4) is 0 Å². The van der Waals surface area contributed by atoms with E-state index in [-0.39, 0.29) is 5.82 Å². The van der Waals surface area contributed by atoms with Crippen molar-refractivity contribution in [2.75, 3.05) is 13.1 Å². The quantitative estimate of drug-likeness (QED) is 0.872. The molecule has 0 amide bonds. The third kappa shape index (κ3) is 2.89. The zero-order valence-corrected chi connectivity index (χ0v) is 11.9. The summed E-state index contributed by atoms with van der Waals surface area (Å²) in [7, 11) is 0. The fourth-order valence-electron chi connectivity index (χ4n) is 2.74. The molecule has 3 heteroatoms. The van der Waals surface area contributed by atoms with Gasteiger partial charge < -0.3 is 5.32 Å². The molecule has 0 saturated carbocycles. The van der Waals surface area contributed by atoms with Crippen molar-refractivity contribution in [3.63, 3.8) is 0 Å². The van der Waals surface area contributed by atoms with Gasteiger partial charge in [0.25, 0.3) is 0 Å². The fraction of sp³-hybridized carbons (Fsp3) is 0.571. The molecule has 1 N–H and O–H groups in total. The SMILES string of the molecule is CC(C)C1CNCCC1c1ccc(F)c(Br)c1. The van der Waals surface area contributed by atoms with Gasteiger partial charge in [0.1, 0.15) is 5.82 Å². The molecule has 2 atom stereocenters. The lowest BCUT2D eigenvalue weighted by atomic mass is 9.75. The van der Waals surface area contributed by atoms with Gasteiger partial charge in [-0.05, 0) is 70.9 Å². The topological polar surface area (TPSA) is 12.0 Å². The first-order valence-electron chi connectivity index (χ1n) is 6.25. The van der Waals surface area contributed by atoms with Gasteiger partial charge in [0.05, 0.1) is 4.47 Å². The monoisotopic (exact) mass is 299 g/mol. The molecule has 0 bridgehead atoms. The van der Waals surface area contributed by atoms with Crippen LogP contribution in [-0.4, -0.2) is 13.1 Å². The Labute approximate surface area is 111 Å². The molecule has 1 nitrogen and oxygen atoms in total. The molecule has 1 aromatic rings. The molecular formula is C14H19BrFN. The van der Waals surface area contributed by atoms with Gasteiger partial charge >= 0.3 is 0 Å². The number of halogens is 2. The summed E-state index contributed by atoms with van der Waals surface area (Å²) in [6, 6.07) is 5.45. The van der Waals surface area contributed by atoms with Crippen LogP contribution in [0.5, 0.6) is 0 Å². The van der Waals surface area contributed by atoms with E-state index in [0.717, 1.165) is 19.5 Å². The second kappa shape index (κ2) is 5.49. The number of piperidine rings is 1. The Morgan fingerprint density at radius 1 is 1.41 bits per heavy atom. The van der Waals surface area contributed by atoms with Crippen LogP contribution in [0.15, 0.2) is 22.7 Å². The van der Waals surface area contributed by atoms with Crippen LogP contribution in [0, 0.1) is 17.7 Å². The van der Waals surface area contributed by atoms with Gasteiger partial charge in [-0.3, -0.25) is 0 Å². The Balaban J connectivity index is 2.26. The zero-order chi connectivity index (χ0) is 12.4. The Morgan fingerprint density at radius 2 is 2.18 bits per heavy atom. The van der Waals surface area contributed by atoms with Crippen molar-refractivity contribution in [1.29, 1.82) is 0 Å². The van der Waals surface area contributed by atoms with E-state index in [4.69, 9.17) is 0 Å². The lowest BCUT2D eigenvalue weighted by Gasteiger charge is -2.35. The molecule has 1 fully saturated rings. The highest BCUT2D eigenvalue weighted by molar-refractivity contribution is 9.10. The first-order valence-corrected chi connectivity index (χ1v) is 7.04. The van der Waals surface area contributed by atoms with Crippen LogP contribution < -0.4 is 5.32 Å². The van der Waals surface area contributed by atoms with E-state index < -0.39 is 0 Å². The number of hydrogen-bond donors (Lipinski definition) is 1. The molecule has 0 radical (unpaired) electrons. The van der Waals surface area contributed by atoms with E-state index in [9.17, 15) is 4.39 Å². The highest BCUT2D eigenvalue weighted by Gasteiger charge is 2.28. The smallest absolute Gasteiger partial charge is 0.137 e. The van der Waals surface area contributed by atoms with E-state index in [2.05, 4.69) is 35.1 Å². The summed E-state index contributed by atoms with van der Waals surface area (Å²) in [6.07, 6.45) is 1.14. The Bertz CT molecular complexity index is 392. The second-order valence-electron chi connectivity index (χ2n) is 5.18. The van der Waals surface area contributed by atoms with Crippen molar-refractivity contribution in [1.82, 2.24) is 5.32 Å². The molecule has 0 aromatic heterocycles. The maximum absolute atomic E-state index is 13.3. The zero-order valence-electron chi connectivity index (χ0n) is 10.3. The maximum atomic E-state index is 13.3. The van der Waals surface area contributed by atoms with Gasteiger partial charge in [-0.1, -0.05) is 19.9 Å². The van der Waals surface area contributed by atoms with Crippen LogP contribution in [0.1, 0.15) is 31.7 Å². The highest BCUT2D eigenvalue weighted by Crippen LogP contribution is 2.36. The van der Waals surface area contributed by atoms with Crippen molar-refractivity contribution >= 4 is 15.9 Å². The predicted octanol–water partition coefficient (Wildman–Crippen LogP) is 3.94. The van der Waals surface area contributed by atoms with Crippen LogP contribution in [0.25, 0.3) is 0 Å². The summed E-state index contributed by atoms with van der Waals surface area (Å²) in [5, 5.41) is 3.46. The molecule has 1 saturated heterocycles. The standard InChI is InChI=1S/C14H19BrFN/c1-9(2)12-8-17-6-5-11(12)10-3-4-14(16)13(15)7-10/h3-4,7,9,11-12,17H,5-6,8H2,1-2H3. The summed E-state index contributed by atoms with van der Waals surface area (Å²) in [4.78, 5) is 0. The molecule has 94 valence electrons. The molecule has 2 rings (SSSR count). The van der Waals surface area contributed by atoms with E-state index in [1.54, 1.807) is 6.07 Å². The van der Waals surface area contributed by atoms with Crippen molar-refractivity contribution in [3.05, 3.63) is 34.1 Å². The average molecular weight is 300 g/mol. The van der Waals surface area contributed by atoms with Crippen LogP contribution in [0.2, 0.25) is 0 Å². The molecule has 1 aliphatic heterocycles. The number of nitrogens with one attached hydrogen (secondary N) is 1. The number of hydrogen-bond acceptors (Lipinski definition) is 1. The van der Waals surface area contributed by atoms with Gasteiger partial charge in [0.15, 0.2) is 0 Å². The largest absolute Gasteiger partial charge is 0.316 e. The molecule has 2 unspecified atom stereocenters. The second-order valence-corrected chi connectivity index (χ2v) is 6.04. The summed E-state index contributed by atoms with van der Waals surface area (Å²) < 4.78 is 13.8. The lowest BCUT2D eigenvalue weighted by molar-refractivity contribution is 0.255. The van der Waals surface area contributed by atoms with Crippen LogP contribution in [-0.2, 0) is 0 Å². The Hall–Kier alpha value is -0.410. The lowest BCUT2D eigenvalue weighted by Crippen LogP contribution is -2.38. The number of rotatable bonds is 2. The summed E-state index contributed by atoms with van der Waals surface area (Å²) in [5.41, 5.74) is 1.26. The Kier molecular flexibility index (Phi) is 4.21. The minimum Gasteiger partial charge on any atom is -0.316 e. The highest BCUT2D eigenvalue weighted by atomic mass is 79.9. The molecule has 17 heavy (non-hydrogen) atoms. The molecule has 1 aromatic carbocycles. The first kappa shape index (κ1) is 13.0. The molecule has 1 heterocycles. The number of benzene rings is 1. The maximum Gasteiger partial charge on any atom is 0.137 e. The van der Waals surface area contributed by atoms with Gasteiger partial charge in [-0.2, -0.15) is 0 Å². The summed E-state index contributed by atoms with van der Waals surface area (Å²) >= 11 is 3.28. The van der Waals surface area contributed by atoms with Gasteiger partial charge in [0.2, 0.25) is 0 Å². The first-order chi connectivity index (χ1) is 8.09. The molecule has 0 spiro atoms. The van der Waals surface area contributed by atoms with E-state index in [0.29, 0.717) is 22.2 Å². The van der Waals surface area contributed by atoms with Crippen molar-refractivity contribution in [2.24, 2.45) is 11.8 Å². The van der Waals surface area contributed by atoms with Crippen molar-refractivity contribution in [2.45, 2.75) is 26.2 Å². The van der Waals surface area contributed by atoms with E-state index in [1.165, 1.54) is 5.56 Å². The van der Waals surface area contributed by atoms with Crippen LogP contribution >= 0.6 is 15.9 Å². The summed E-state index contributed by atoms with van der Waals surface area (Å²) in [6.45, 7) is 6.66. The minimum absolute atomic E-state index is 0.177. The Morgan fingerprint density at radius 3 is 2.82 bits per heavy atom. The summed E-state index contributed by atoms with van der Waals surface area (Å²) in [5.74, 6) is 1.66. The molecule has 1 aliphatic rings. The van der Waals surface area contributed by atoms with E-state index in [1.807, 2.05) is 12.1 Å². The third-order valence-electron chi connectivity index (χ3n) is 3.76. The average Bonchev–Trinajstić information content (AvgIpc) is 2.32. The van der Waals surface area contributed by atoms with Crippen molar-refractivity contribution < 1.29 is 4.39 Å². The van der Waals surface area contributed by atoms with Crippen LogP contribution in [0.4, 0.5) is 4.39 Å². The van der Waals surface area contributed by atoms with Gasteiger partial charge in [0, 0.05) is 0 Å². The molecular weight excluding hydrogens is 281 g/mol. The van der Waals surface area contributed by atoms with Crippen LogP contribution in [0.3, 0.4) is 0 Å². The van der Waals surface area contributed by atoms with Gasteiger partial charge in [-0.15, -0.1) is 0 Å². The minimum atomic E-state index is -0.177. The molecule has 0 aliphatic carbocycles. The fourth-order valence-corrected chi connectivity index (χ4v) is 3.14.